The van der Waals surface area contributed by atoms with Crippen LogP contribution in [0, 0.1) is 13.8 Å². The van der Waals surface area contributed by atoms with Crippen molar-refractivity contribution in [2.24, 2.45) is 0 Å². The summed E-state index contributed by atoms with van der Waals surface area (Å²) in [7, 11) is 0. The molecule has 9 nitrogen and oxygen atoms in total. The topological polar surface area (TPSA) is 129 Å². The predicted molar refractivity (Wildman–Crippen MR) is 101 cm³/mol. The molecule has 0 bridgehead atoms. The second-order valence-corrected chi connectivity index (χ2v) is 7.75. The Bertz CT molecular complexity index is 919. The molecule has 2 aliphatic heterocycles. The lowest BCUT2D eigenvalue weighted by atomic mass is 10.0. The number of nitrogens with one attached hydrogen (secondary N) is 2. The summed E-state index contributed by atoms with van der Waals surface area (Å²) in [6.07, 6.45) is 0. The summed E-state index contributed by atoms with van der Waals surface area (Å²) in [6, 6.07) is -0.825. The maximum absolute atomic E-state index is 12.7. The molecule has 1 saturated heterocycles. The number of carboxylic acid groups (broad SMARTS) is 1. The first-order valence-electron chi connectivity index (χ1n) is 8.73. The summed E-state index contributed by atoms with van der Waals surface area (Å²) in [5.41, 5.74) is 2.01. The zero-order chi connectivity index (χ0) is 20.7. The zero-order valence-electron chi connectivity index (χ0n) is 15.9. The number of rotatable bonds is 5. The van der Waals surface area contributed by atoms with Crippen LogP contribution >= 0.6 is 11.8 Å². The molecule has 3 N–H and O–H groups in total. The molecule has 0 radical (unpaired) electrons. The number of aryl methyl sites for hydroxylation is 1. The van der Waals surface area contributed by atoms with Crippen LogP contribution in [0.1, 0.15) is 46.0 Å². The fourth-order valence-electron chi connectivity index (χ4n) is 3.48. The number of hydrogen-bond donors (Lipinski definition) is 3. The highest BCUT2D eigenvalue weighted by atomic mass is 32.2. The number of hydrogen-bond acceptors (Lipinski definition) is 6. The maximum Gasteiger partial charge on any atom is 0.352 e. The molecule has 0 aromatic carbocycles. The second kappa shape index (κ2) is 7.34. The van der Waals surface area contributed by atoms with Gasteiger partial charge in [-0.05, 0) is 38.8 Å². The zero-order valence-corrected chi connectivity index (χ0v) is 16.7. The van der Waals surface area contributed by atoms with E-state index in [1.807, 2.05) is 0 Å². The van der Waals surface area contributed by atoms with Crippen LogP contribution in [-0.2, 0) is 14.3 Å². The van der Waals surface area contributed by atoms with Crippen molar-refractivity contribution in [2.45, 2.75) is 39.1 Å². The van der Waals surface area contributed by atoms with Crippen LogP contribution in [0.5, 0.6) is 0 Å². The van der Waals surface area contributed by atoms with Crippen molar-refractivity contribution >= 4 is 35.5 Å². The third-order valence-electron chi connectivity index (χ3n) is 4.79. The molecule has 2 aliphatic rings. The summed E-state index contributed by atoms with van der Waals surface area (Å²) < 4.78 is 5.01. The summed E-state index contributed by atoms with van der Waals surface area (Å²) >= 11 is 1.40. The number of carboxylic acids is 1. The minimum atomic E-state index is -1.16. The van der Waals surface area contributed by atoms with Gasteiger partial charge < -0.3 is 20.1 Å². The molecular formula is C18H21N3O6S. The average Bonchev–Trinajstić information content (AvgIpc) is 2.93. The van der Waals surface area contributed by atoms with Crippen molar-refractivity contribution in [1.82, 2.24) is 15.2 Å². The summed E-state index contributed by atoms with van der Waals surface area (Å²) in [5.74, 6) is -2.20. The highest BCUT2D eigenvalue weighted by Crippen LogP contribution is 2.40. The Kier molecular flexibility index (Phi) is 5.24. The van der Waals surface area contributed by atoms with E-state index in [0.717, 1.165) is 0 Å². The molecule has 1 aromatic heterocycles. The quantitative estimate of drug-likeness (QED) is 0.494. The fourth-order valence-corrected chi connectivity index (χ4v) is 4.77. The fraction of sp³-hybridized carbons (Fsp3) is 0.444. The van der Waals surface area contributed by atoms with Gasteiger partial charge in [0, 0.05) is 11.4 Å². The van der Waals surface area contributed by atoms with Gasteiger partial charge in [-0.2, -0.15) is 0 Å². The van der Waals surface area contributed by atoms with E-state index in [0.29, 0.717) is 28.1 Å². The molecule has 1 fully saturated rings. The number of thioether (sulfide) groups is 1. The van der Waals surface area contributed by atoms with Crippen LogP contribution in [0.15, 0.2) is 11.3 Å². The number of esters is 1. The Labute approximate surface area is 165 Å². The first-order chi connectivity index (χ1) is 13.2. The molecule has 28 heavy (non-hydrogen) atoms. The average molecular weight is 407 g/mol. The molecule has 2 atom stereocenters. The Morgan fingerprint density at radius 3 is 2.61 bits per heavy atom. The number of fused-ring (bicyclic) bond motifs is 1. The lowest BCUT2D eigenvalue weighted by Gasteiger charge is -2.49. The number of H-pyrrole nitrogens is 1. The molecular weight excluding hydrogens is 386 g/mol. The van der Waals surface area contributed by atoms with Crippen molar-refractivity contribution in [3.8, 4) is 0 Å². The highest BCUT2D eigenvalue weighted by Gasteiger charge is 2.53. The van der Waals surface area contributed by atoms with E-state index in [2.05, 4.69) is 10.3 Å². The molecule has 0 saturated carbocycles. The maximum atomic E-state index is 12.7. The largest absolute Gasteiger partial charge is 0.477 e. The van der Waals surface area contributed by atoms with Gasteiger partial charge >= 0.3 is 11.9 Å². The third-order valence-corrected chi connectivity index (χ3v) is 6.22. The van der Waals surface area contributed by atoms with Crippen LogP contribution in [-0.4, -0.2) is 62.5 Å². The molecule has 10 heteroatoms. The van der Waals surface area contributed by atoms with Crippen LogP contribution in [0.2, 0.25) is 0 Å². The van der Waals surface area contributed by atoms with E-state index in [4.69, 9.17) is 4.74 Å². The van der Waals surface area contributed by atoms with Crippen molar-refractivity contribution < 1.29 is 29.0 Å². The summed E-state index contributed by atoms with van der Waals surface area (Å²) in [5, 5.41) is 11.6. The summed E-state index contributed by atoms with van der Waals surface area (Å²) in [6.45, 7) is 6.88. The van der Waals surface area contributed by atoms with Gasteiger partial charge in [0.2, 0.25) is 0 Å². The number of aromatic nitrogens is 1. The van der Waals surface area contributed by atoms with Gasteiger partial charge in [0.15, 0.2) is 0 Å². The van der Waals surface area contributed by atoms with Crippen LogP contribution in [0.25, 0.3) is 0 Å². The number of nitrogens with zero attached hydrogens (tertiary/aromatic N) is 1. The van der Waals surface area contributed by atoms with E-state index in [-0.39, 0.29) is 18.0 Å². The van der Waals surface area contributed by atoms with E-state index in [1.165, 1.54) is 16.7 Å². The van der Waals surface area contributed by atoms with E-state index >= 15 is 0 Å². The van der Waals surface area contributed by atoms with Crippen LogP contribution < -0.4 is 5.32 Å². The molecule has 1 aromatic rings. The first kappa shape index (κ1) is 20.0. The Morgan fingerprint density at radius 1 is 1.32 bits per heavy atom. The molecule has 3 heterocycles. The van der Waals surface area contributed by atoms with Gasteiger partial charge in [-0.3, -0.25) is 14.5 Å². The third kappa shape index (κ3) is 3.07. The number of ether oxygens (including phenoxy) is 1. The van der Waals surface area contributed by atoms with E-state index in [1.54, 1.807) is 27.7 Å². The SMILES string of the molecule is CCOC(=O)c1c(C)[nH]c(C(=O)N[C@@H]2C(=O)N3C(C(=O)O)=C(C)CS[C@H]23)c1C. The van der Waals surface area contributed by atoms with Crippen molar-refractivity contribution in [1.29, 1.82) is 0 Å². The predicted octanol–water partition coefficient (Wildman–Crippen LogP) is 1.18. The summed E-state index contributed by atoms with van der Waals surface area (Å²) in [4.78, 5) is 52.8. The minimum Gasteiger partial charge on any atom is -0.477 e. The number of aliphatic carboxylic acids is 1. The smallest absolute Gasteiger partial charge is 0.352 e. The Balaban J connectivity index is 1.79. The van der Waals surface area contributed by atoms with Gasteiger partial charge in [0.25, 0.3) is 11.8 Å². The van der Waals surface area contributed by atoms with Crippen molar-refractivity contribution in [3.05, 3.63) is 33.8 Å². The number of carbonyl (C=O) groups is 4. The molecule has 150 valence electrons. The highest BCUT2D eigenvalue weighted by molar-refractivity contribution is 8.00. The van der Waals surface area contributed by atoms with Gasteiger partial charge in [-0.15, -0.1) is 11.8 Å². The van der Waals surface area contributed by atoms with Gasteiger partial charge in [-0.25, -0.2) is 9.59 Å². The standard InChI is InChI=1S/C18H21N3O6S/c1-5-27-18(26)10-8(3)11(19-9(10)4)14(22)20-12-15(23)21-13(17(24)25)7(2)6-28-16(12)21/h12,16,19H,5-6H2,1-4H3,(H,20,22)(H,24,25)/t12-,16-/m1/s1. The van der Waals surface area contributed by atoms with Crippen molar-refractivity contribution in [2.75, 3.05) is 12.4 Å². The Hall–Kier alpha value is -2.75. The lowest BCUT2D eigenvalue weighted by Crippen LogP contribution is -2.70. The number of aromatic amines is 1. The second-order valence-electron chi connectivity index (χ2n) is 6.64. The number of β-lactam (4-membered cyclic amide) rings is 1. The van der Waals surface area contributed by atoms with E-state index in [9.17, 15) is 24.3 Å². The first-order valence-corrected chi connectivity index (χ1v) is 9.78. The number of amides is 2. The molecule has 0 spiro atoms. The van der Waals surface area contributed by atoms with Crippen molar-refractivity contribution in [3.63, 3.8) is 0 Å². The lowest BCUT2D eigenvalue weighted by molar-refractivity contribution is -0.148. The number of carbonyl (C=O) groups excluding carboxylic acids is 3. The molecule has 3 rings (SSSR count). The van der Waals surface area contributed by atoms with E-state index < -0.39 is 35.2 Å². The van der Waals surface area contributed by atoms with Crippen LogP contribution in [0.3, 0.4) is 0 Å². The van der Waals surface area contributed by atoms with Gasteiger partial charge in [-0.1, -0.05) is 0 Å². The van der Waals surface area contributed by atoms with Gasteiger partial charge in [0.1, 0.15) is 22.8 Å². The normalized spacial score (nSPS) is 21.1. The molecule has 2 amide bonds. The minimum absolute atomic E-state index is 0.0178. The Morgan fingerprint density at radius 2 is 2.00 bits per heavy atom. The molecule has 0 aliphatic carbocycles. The van der Waals surface area contributed by atoms with Crippen LogP contribution in [0.4, 0.5) is 0 Å². The monoisotopic (exact) mass is 407 g/mol. The van der Waals surface area contributed by atoms with Gasteiger partial charge in [0.05, 0.1) is 12.2 Å². The molecule has 0 unspecified atom stereocenters.